The van der Waals surface area contributed by atoms with E-state index in [1.54, 1.807) is 4.90 Å². The number of piperidine rings is 1. The van der Waals surface area contributed by atoms with E-state index in [1.165, 1.54) is 29.7 Å². The van der Waals surface area contributed by atoms with Crippen molar-refractivity contribution in [1.29, 1.82) is 0 Å². The van der Waals surface area contributed by atoms with Crippen molar-refractivity contribution in [3.8, 4) is 5.75 Å². The smallest absolute Gasteiger partial charge is 0.265 e. The van der Waals surface area contributed by atoms with E-state index in [9.17, 15) is 9.59 Å². The summed E-state index contributed by atoms with van der Waals surface area (Å²) in [5.41, 5.74) is 2.09. The van der Waals surface area contributed by atoms with Crippen LogP contribution in [-0.2, 0) is 16.0 Å². The molecule has 4 rings (SSSR count). The van der Waals surface area contributed by atoms with Gasteiger partial charge in [0.05, 0.1) is 31.9 Å². The standard InChI is InChI=1S/C24H29N3O3/c28-23(17-27-21-8-4-5-9-22(21)30-18-24(27)29)25-12-15-26-13-10-20(11-14-26)16-19-6-2-1-3-7-19/h1-9,20H,10-18H2,(H,25,28)/p+1. The van der Waals surface area contributed by atoms with Gasteiger partial charge >= 0.3 is 0 Å². The van der Waals surface area contributed by atoms with Crippen LogP contribution in [-0.4, -0.2) is 51.1 Å². The molecule has 2 aliphatic rings. The fourth-order valence-corrected chi connectivity index (χ4v) is 4.39. The van der Waals surface area contributed by atoms with Gasteiger partial charge in [-0.15, -0.1) is 0 Å². The Hall–Kier alpha value is -2.86. The van der Waals surface area contributed by atoms with E-state index in [1.807, 2.05) is 24.3 Å². The van der Waals surface area contributed by atoms with E-state index in [2.05, 4.69) is 35.6 Å². The second-order valence-corrected chi connectivity index (χ2v) is 8.22. The lowest BCUT2D eigenvalue weighted by Crippen LogP contribution is -3.13. The number of hydrogen-bond acceptors (Lipinski definition) is 3. The minimum Gasteiger partial charge on any atom is -0.482 e. The van der Waals surface area contributed by atoms with Gasteiger partial charge in [0.15, 0.2) is 6.61 Å². The van der Waals surface area contributed by atoms with Crippen LogP contribution >= 0.6 is 0 Å². The average molecular weight is 409 g/mol. The van der Waals surface area contributed by atoms with Gasteiger partial charge in [0.1, 0.15) is 12.3 Å². The van der Waals surface area contributed by atoms with E-state index in [0.717, 1.165) is 25.6 Å². The second-order valence-electron chi connectivity index (χ2n) is 8.22. The lowest BCUT2D eigenvalue weighted by molar-refractivity contribution is -0.905. The molecule has 2 aromatic carbocycles. The van der Waals surface area contributed by atoms with E-state index in [4.69, 9.17) is 4.74 Å². The summed E-state index contributed by atoms with van der Waals surface area (Å²) in [7, 11) is 0. The van der Waals surface area contributed by atoms with Crippen molar-refractivity contribution in [2.45, 2.75) is 19.3 Å². The zero-order chi connectivity index (χ0) is 20.8. The van der Waals surface area contributed by atoms with Crippen LogP contribution in [0, 0.1) is 5.92 Å². The number of likely N-dealkylation sites (tertiary alicyclic amines) is 1. The molecule has 158 valence electrons. The van der Waals surface area contributed by atoms with Gasteiger partial charge in [0.2, 0.25) is 5.91 Å². The van der Waals surface area contributed by atoms with Gasteiger partial charge in [0.25, 0.3) is 5.91 Å². The number of ether oxygens (including phenoxy) is 1. The number of para-hydroxylation sites is 2. The molecule has 0 spiro atoms. The third kappa shape index (κ3) is 5.19. The molecule has 6 nitrogen and oxygen atoms in total. The Labute approximate surface area is 177 Å². The third-order valence-corrected chi connectivity index (χ3v) is 6.09. The first-order valence-electron chi connectivity index (χ1n) is 10.9. The Kier molecular flexibility index (Phi) is 6.64. The molecule has 2 aliphatic heterocycles. The van der Waals surface area contributed by atoms with Gasteiger partial charge in [-0.05, 0) is 42.9 Å². The Balaban J connectivity index is 1.17. The Bertz CT molecular complexity index is 863. The van der Waals surface area contributed by atoms with Crippen LogP contribution in [0.5, 0.6) is 5.75 Å². The molecule has 2 amide bonds. The van der Waals surface area contributed by atoms with E-state index < -0.39 is 0 Å². The van der Waals surface area contributed by atoms with Crippen molar-refractivity contribution in [1.82, 2.24) is 5.32 Å². The molecule has 2 N–H and O–H groups in total. The minimum absolute atomic E-state index is 0.0215. The molecule has 0 unspecified atom stereocenters. The first-order valence-corrected chi connectivity index (χ1v) is 10.9. The van der Waals surface area contributed by atoms with E-state index in [-0.39, 0.29) is 25.0 Å². The van der Waals surface area contributed by atoms with Crippen LogP contribution in [0.3, 0.4) is 0 Å². The number of amides is 2. The summed E-state index contributed by atoms with van der Waals surface area (Å²) in [4.78, 5) is 27.7. The number of anilines is 1. The van der Waals surface area contributed by atoms with Crippen molar-refractivity contribution in [3.63, 3.8) is 0 Å². The van der Waals surface area contributed by atoms with Crippen molar-refractivity contribution in [3.05, 3.63) is 60.2 Å². The number of nitrogens with zero attached hydrogens (tertiary/aromatic N) is 1. The topological polar surface area (TPSA) is 63.1 Å². The summed E-state index contributed by atoms with van der Waals surface area (Å²) in [6.45, 7) is 3.89. The molecule has 0 aromatic heterocycles. The lowest BCUT2D eigenvalue weighted by Gasteiger charge is -2.30. The van der Waals surface area contributed by atoms with Crippen LogP contribution in [0.2, 0.25) is 0 Å². The van der Waals surface area contributed by atoms with Crippen molar-refractivity contribution in [2.24, 2.45) is 5.92 Å². The number of carbonyl (C=O) groups excluding carboxylic acids is 2. The van der Waals surface area contributed by atoms with Crippen molar-refractivity contribution in [2.75, 3.05) is 44.2 Å². The molecule has 6 heteroatoms. The molecular formula is C24H30N3O3+. The predicted molar refractivity (Wildman–Crippen MR) is 116 cm³/mol. The normalized spacial score (nSPS) is 20.9. The zero-order valence-corrected chi connectivity index (χ0v) is 17.3. The highest BCUT2D eigenvalue weighted by Crippen LogP contribution is 2.31. The van der Waals surface area contributed by atoms with Gasteiger partial charge in [0, 0.05) is 0 Å². The van der Waals surface area contributed by atoms with Gasteiger partial charge in [-0.1, -0.05) is 42.5 Å². The number of benzene rings is 2. The van der Waals surface area contributed by atoms with Crippen LogP contribution in [0.1, 0.15) is 18.4 Å². The average Bonchev–Trinajstić information content (AvgIpc) is 2.78. The molecule has 2 heterocycles. The van der Waals surface area contributed by atoms with Crippen LogP contribution in [0.25, 0.3) is 0 Å². The van der Waals surface area contributed by atoms with E-state index in [0.29, 0.717) is 18.0 Å². The van der Waals surface area contributed by atoms with Crippen molar-refractivity contribution >= 4 is 17.5 Å². The quantitative estimate of drug-likeness (QED) is 0.720. The Morgan fingerprint density at radius 3 is 2.60 bits per heavy atom. The number of hydrogen-bond donors (Lipinski definition) is 2. The summed E-state index contributed by atoms with van der Waals surface area (Å²) in [6.07, 6.45) is 3.63. The maximum absolute atomic E-state index is 12.4. The monoisotopic (exact) mass is 408 g/mol. The SMILES string of the molecule is O=C(CN1C(=O)COc2ccccc21)NCC[NH+]1CCC(Cc2ccccc2)CC1. The number of rotatable bonds is 7. The number of quaternary nitrogens is 1. The molecule has 0 bridgehead atoms. The predicted octanol–water partition coefficient (Wildman–Crippen LogP) is 1.07. The number of carbonyl (C=O) groups is 2. The molecular weight excluding hydrogens is 378 g/mol. The van der Waals surface area contributed by atoms with Crippen LogP contribution in [0.15, 0.2) is 54.6 Å². The second kappa shape index (κ2) is 9.76. The Morgan fingerprint density at radius 2 is 1.80 bits per heavy atom. The molecule has 0 radical (unpaired) electrons. The first kappa shape index (κ1) is 20.4. The summed E-state index contributed by atoms with van der Waals surface area (Å²) in [6, 6.07) is 18.1. The van der Waals surface area contributed by atoms with Crippen LogP contribution in [0.4, 0.5) is 5.69 Å². The Morgan fingerprint density at radius 1 is 1.07 bits per heavy atom. The molecule has 0 atom stereocenters. The van der Waals surface area contributed by atoms with Crippen LogP contribution < -0.4 is 19.9 Å². The first-order chi connectivity index (χ1) is 14.7. The van der Waals surface area contributed by atoms with E-state index >= 15 is 0 Å². The maximum atomic E-state index is 12.4. The third-order valence-electron chi connectivity index (χ3n) is 6.09. The molecule has 30 heavy (non-hydrogen) atoms. The molecule has 2 aromatic rings. The fourth-order valence-electron chi connectivity index (χ4n) is 4.39. The summed E-state index contributed by atoms with van der Waals surface area (Å²) in [5.74, 6) is 1.10. The van der Waals surface area contributed by atoms with Gasteiger partial charge < -0.3 is 15.0 Å². The maximum Gasteiger partial charge on any atom is 0.265 e. The summed E-state index contributed by atoms with van der Waals surface area (Å²) >= 11 is 0. The van der Waals surface area contributed by atoms with Gasteiger partial charge in [-0.2, -0.15) is 0 Å². The summed E-state index contributed by atoms with van der Waals surface area (Å²) in [5, 5.41) is 2.99. The highest BCUT2D eigenvalue weighted by atomic mass is 16.5. The zero-order valence-electron chi connectivity index (χ0n) is 17.3. The number of fused-ring (bicyclic) bond motifs is 1. The largest absolute Gasteiger partial charge is 0.482 e. The molecule has 0 saturated carbocycles. The summed E-state index contributed by atoms with van der Waals surface area (Å²) < 4.78 is 5.43. The number of nitrogens with one attached hydrogen (secondary N) is 2. The highest BCUT2D eigenvalue weighted by molar-refractivity contribution is 6.02. The molecule has 1 fully saturated rings. The molecule has 1 saturated heterocycles. The van der Waals surface area contributed by atoms with Gasteiger partial charge in [-0.25, -0.2) is 0 Å². The fraction of sp³-hybridized carbons (Fsp3) is 0.417. The van der Waals surface area contributed by atoms with Gasteiger partial charge in [-0.3, -0.25) is 14.5 Å². The minimum atomic E-state index is -0.185. The lowest BCUT2D eigenvalue weighted by atomic mass is 9.90. The van der Waals surface area contributed by atoms with Crippen molar-refractivity contribution < 1.29 is 19.2 Å². The highest BCUT2D eigenvalue weighted by Gasteiger charge is 2.27. The molecule has 0 aliphatic carbocycles.